The summed E-state index contributed by atoms with van der Waals surface area (Å²) in [5.41, 5.74) is 2.63. The van der Waals surface area contributed by atoms with E-state index in [0.717, 1.165) is 22.1 Å². The molecule has 0 unspecified atom stereocenters. The SMILES string of the molecule is Cc1ccc(C)c(N(CCCC(=O)NCCSC2CCCCC2)S(C)(=O)=O)c1. The van der Waals surface area contributed by atoms with E-state index in [2.05, 4.69) is 5.32 Å². The molecule has 0 heterocycles. The third-order valence-electron chi connectivity index (χ3n) is 5.13. The maximum atomic E-state index is 12.3. The van der Waals surface area contributed by atoms with E-state index in [9.17, 15) is 13.2 Å². The molecule has 1 fully saturated rings. The van der Waals surface area contributed by atoms with Crippen LogP contribution in [-0.2, 0) is 14.8 Å². The van der Waals surface area contributed by atoms with Crippen molar-refractivity contribution in [3.63, 3.8) is 0 Å². The molecule has 5 nitrogen and oxygen atoms in total. The Bertz CT molecular complexity index is 744. The molecule has 0 bridgehead atoms. The summed E-state index contributed by atoms with van der Waals surface area (Å²) in [6, 6.07) is 5.79. The van der Waals surface area contributed by atoms with E-state index < -0.39 is 10.0 Å². The van der Waals surface area contributed by atoms with Crippen LogP contribution in [0.4, 0.5) is 5.69 Å². The molecule has 2 rings (SSSR count). The van der Waals surface area contributed by atoms with E-state index in [-0.39, 0.29) is 5.91 Å². The van der Waals surface area contributed by atoms with Crippen molar-refractivity contribution in [1.29, 1.82) is 0 Å². The average Bonchev–Trinajstić information content (AvgIpc) is 2.64. The molecule has 1 saturated carbocycles. The molecule has 28 heavy (non-hydrogen) atoms. The fourth-order valence-electron chi connectivity index (χ4n) is 3.57. The Morgan fingerprint density at radius 2 is 1.93 bits per heavy atom. The fourth-order valence-corrected chi connectivity index (χ4v) is 5.81. The van der Waals surface area contributed by atoms with Crippen LogP contribution in [0.1, 0.15) is 56.1 Å². The highest BCUT2D eigenvalue weighted by Gasteiger charge is 2.19. The van der Waals surface area contributed by atoms with Crippen molar-refractivity contribution < 1.29 is 13.2 Å². The lowest BCUT2D eigenvalue weighted by Gasteiger charge is -2.24. The number of sulfonamides is 1. The maximum absolute atomic E-state index is 12.3. The minimum Gasteiger partial charge on any atom is -0.355 e. The van der Waals surface area contributed by atoms with Gasteiger partial charge in [-0.2, -0.15) is 11.8 Å². The van der Waals surface area contributed by atoms with Crippen molar-refractivity contribution in [2.45, 2.75) is 64.0 Å². The van der Waals surface area contributed by atoms with Crippen LogP contribution >= 0.6 is 11.8 Å². The molecule has 1 aromatic rings. The lowest BCUT2D eigenvalue weighted by Crippen LogP contribution is -2.33. The molecule has 7 heteroatoms. The Hall–Kier alpha value is -1.21. The second-order valence-corrected chi connectivity index (χ2v) is 11.0. The average molecular weight is 427 g/mol. The van der Waals surface area contributed by atoms with Crippen LogP contribution in [-0.4, -0.2) is 44.7 Å². The summed E-state index contributed by atoms with van der Waals surface area (Å²) in [5.74, 6) is 0.951. The second-order valence-electron chi connectivity index (χ2n) is 7.71. The summed E-state index contributed by atoms with van der Waals surface area (Å²) in [7, 11) is -3.39. The van der Waals surface area contributed by atoms with E-state index in [1.54, 1.807) is 0 Å². The number of amides is 1. The van der Waals surface area contributed by atoms with E-state index in [1.807, 2.05) is 43.8 Å². The molecule has 0 atom stereocenters. The number of nitrogens with zero attached hydrogens (tertiary/aromatic N) is 1. The highest BCUT2D eigenvalue weighted by atomic mass is 32.2. The van der Waals surface area contributed by atoms with Crippen LogP contribution in [0, 0.1) is 13.8 Å². The summed E-state index contributed by atoms with van der Waals surface area (Å²) in [6.07, 6.45) is 8.70. The van der Waals surface area contributed by atoms with Crippen molar-refractivity contribution in [2.75, 3.05) is 29.4 Å². The lowest BCUT2D eigenvalue weighted by atomic mass is 10.0. The summed E-state index contributed by atoms with van der Waals surface area (Å²) >= 11 is 1.97. The number of aryl methyl sites for hydroxylation is 2. The molecule has 0 saturated heterocycles. The molecular formula is C21H34N2O3S2. The van der Waals surface area contributed by atoms with Gasteiger partial charge in [-0.3, -0.25) is 9.10 Å². The molecular weight excluding hydrogens is 392 g/mol. The van der Waals surface area contributed by atoms with Crippen LogP contribution in [0.15, 0.2) is 18.2 Å². The van der Waals surface area contributed by atoms with Gasteiger partial charge in [0.1, 0.15) is 0 Å². The Balaban J connectivity index is 1.75. The van der Waals surface area contributed by atoms with Gasteiger partial charge in [0.05, 0.1) is 11.9 Å². The Kier molecular flexibility index (Phi) is 9.15. The molecule has 1 amide bonds. The zero-order valence-electron chi connectivity index (χ0n) is 17.4. The van der Waals surface area contributed by atoms with Gasteiger partial charge in [-0.15, -0.1) is 0 Å². The van der Waals surface area contributed by atoms with Crippen molar-refractivity contribution in [3.05, 3.63) is 29.3 Å². The quantitative estimate of drug-likeness (QED) is 0.574. The summed E-state index contributed by atoms with van der Waals surface area (Å²) in [4.78, 5) is 12.1. The van der Waals surface area contributed by atoms with E-state index in [4.69, 9.17) is 0 Å². The minimum atomic E-state index is -3.39. The van der Waals surface area contributed by atoms with Gasteiger partial charge in [0.25, 0.3) is 0 Å². The molecule has 1 aromatic carbocycles. The molecule has 0 aliphatic heterocycles. The summed E-state index contributed by atoms with van der Waals surface area (Å²) in [6.45, 7) is 4.85. The van der Waals surface area contributed by atoms with Gasteiger partial charge in [0.15, 0.2) is 0 Å². The fraction of sp³-hybridized carbons (Fsp3) is 0.667. The number of hydrogen-bond acceptors (Lipinski definition) is 4. The number of carbonyl (C=O) groups excluding carboxylic acids is 1. The van der Waals surface area contributed by atoms with E-state index in [0.29, 0.717) is 31.6 Å². The number of carbonyl (C=O) groups is 1. The Labute approximate surface area is 174 Å². The largest absolute Gasteiger partial charge is 0.355 e. The monoisotopic (exact) mass is 426 g/mol. The van der Waals surface area contributed by atoms with Crippen molar-refractivity contribution >= 4 is 33.4 Å². The summed E-state index contributed by atoms with van der Waals surface area (Å²) < 4.78 is 25.9. The third kappa shape index (κ3) is 7.66. The first kappa shape index (κ1) is 23.1. The van der Waals surface area contributed by atoms with Gasteiger partial charge in [-0.1, -0.05) is 31.4 Å². The number of nitrogens with one attached hydrogen (secondary N) is 1. The number of benzene rings is 1. The van der Waals surface area contributed by atoms with Gasteiger partial charge in [0, 0.05) is 30.5 Å². The molecule has 1 aliphatic rings. The van der Waals surface area contributed by atoms with E-state index in [1.165, 1.54) is 42.7 Å². The minimum absolute atomic E-state index is 0.00124. The molecule has 158 valence electrons. The van der Waals surface area contributed by atoms with Crippen molar-refractivity contribution in [3.8, 4) is 0 Å². The number of thioether (sulfide) groups is 1. The smallest absolute Gasteiger partial charge is 0.232 e. The molecule has 0 spiro atoms. The van der Waals surface area contributed by atoms with Crippen molar-refractivity contribution in [2.24, 2.45) is 0 Å². The normalized spacial score (nSPS) is 15.4. The number of hydrogen-bond donors (Lipinski definition) is 1. The predicted octanol–water partition coefficient (Wildman–Crippen LogP) is 4.03. The first-order valence-electron chi connectivity index (χ1n) is 10.2. The first-order chi connectivity index (χ1) is 13.3. The zero-order valence-corrected chi connectivity index (χ0v) is 19.0. The molecule has 0 aromatic heterocycles. The highest BCUT2D eigenvalue weighted by molar-refractivity contribution is 7.99. The highest BCUT2D eigenvalue weighted by Crippen LogP contribution is 2.28. The Morgan fingerprint density at radius 1 is 1.21 bits per heavy atom. The number of anilines is 1. The summed E-state index contributed by atoms with van der Waals surface area (Å²) in [5, 5.41) is 3.72. The second kappa shape index (κ2) is 11.1. The molecule has 1 aliphatic carbocycles. The topological polar surface area (TPSA) is 66.5 Å². The van der Waals surface area contributed by atoms with Crippen LogP contribution in [0.5, 0.6) is 0 Å². The van der Waals surface area contributed by atoms with Gasteiger partial charge in [0.2, 0.25) is 15.9 Å². The lowest BCUT2D eigenvalue weighted by molar-refractivity contribution is -0.121. The van der Waals surface area contributed by atoms with Crippen molar-refractivity contribution in [1.82, 2.24) is 5.32 Å². The van der Waals surface area contributed by atoms with Crippen LogP contribution in [0.2, 0.25) is 0 Å². The maximum Gasteiger partial charge on any atom is 0.232 e. The van der Waals surface area contributed by atoms with Crippen LogP contribution in [0.3, 0.4) is 0 Å². The number of rotatable bonds is 10. The Morgan fingerprint density at radius 3 is 2.61 bits per heavy atom. The standard InChI is InChI=1S/C21H34N2O3S2/c1-17-11-12-18(2)20(16-17)23(28(3,25)26)14-7-10-21(24)22-13-15-27-19-8-5-4-6-9-19/h11-12,16,19H,4-10,13-15H2,1-3H3,(H,22,24). The van der Waals surface area contributed by atoms with Gasteiger partial charge < -0.3 is 5.32 Å². The van der Waals surface area contributed by atoms with Gasteiger partial charge in [-0.05, 0) is 50.3 Å². The van der Waals surface area contributed by atoms with E-state index >= 15 is 0 Å². The van der Waals surface area contributed by atoms with Crippen LogP contribution < -0.4 is 9.62 Å². The first-order valence-corrected chi connectivity index (χ1v) is 13.1. The molecule has 1 N–H and O–H groups in total. The van der Waals surface area contributed by atoms with Crippen LogP contribution in [0.25, 0.3) is 0 Å². The van der Waals surface area contributed by atoms with Gasteiger partial charge >= 0.3 is 0 Å². The third-order valence-corrected chi connectivity index (χ3v) is 7.69. The molecule has 0 radical (unpaired) electrons. The zero-order chi connectivity index (χ0) is 20.6. The predicted molar refractivity (Wildman–Crippen MR) is 120 cm³/mol. The van der Waals surface area contributed by atoms with Gasteiger partial charge in [-0.25, -0.2) is 8.42 Å².